The molecule has 1 saturated heterocycles. The van der Waals surface area contributed by atoms with E-state index in [0.29, 0.717) is 19.3 Å². The number of ether oxygens (including phenoxy) is 2. The third-order valence-corrected chi connectivity index (χ3v) is 10.9. The molecule has 10 heteroatoms. The van der Waals surface area contributed by atoms with E-state index in [2.05, 4.69) is 37.4 Å². The van der Waals surface area contributed by atoms with Crippen molar-refractivity contribution >= 4 is 5.91 Å². The summed E-state index contributed by atoms with van der Waals surface area (Å²) in [7, 11) is 0. The predicted molar refractivity (Wildman–Crippen MR) is 227 cm³/mol. The Labute approximate surface area is 341 Å². The van der Waals surface area contributed by atoms with E-state index in [1.807, 2.05) is 12.2 Å². The lowest BCUT2D eigenvalue weighted by Gasteiger charge is -2.40. The zero-order valence-corrected chi connectivity index (χ0v) is 35.5. The molecule has 1 aliphatic rings. The number of aliphatic hydroxyl groups excluding tert-OH is 6. The molecule has 56 heavy (non-hydrogen) atoms. The summed E-state index contributed by atoms with van der Waals surface area (Å²) in [6.07, 6.45) is 33.8. The van der Waals surface area contributed by atoms with Crippen molar-refractivity contribution < 1.29 is 44.9 Å². The van der Waals surface area contributed by atoms with Crippen molar-refractivity contribution in [3.63, 3.8) is 0 Å². The van der Waals surface area contributed by atoms with Crippen LogP contribution in [0.2, 0.25) is 0 Å². The van der Waals surface area contributed by atoms with Gasteiger partial charge in [-0.1, -0.05) is 192 Å². The molecule has 8 atom stereocenters. The Morgan fingerprint density at radius 3 is 1.61 bits per heavy atom. The second-order valence-corrected chi connectivity index (χ2v) is 16.0. The highest BCUT2D eigenvalue weighted by molar-refractivity contribution is 5.80. The Balaban J connectivity index is 2.43. The predicted octanol–water partition coefficient (Wildman–Crippen LogP) is 8.25. The van der Waals surface area contributed by atoms with Crippen LogP contribution in [0.4, 0.5) is 0 Å². The highest BCUT2D eigenvalue weighted by Gasteiger charge is 2.44. The molecule has 0 bridgehead atoms. The first-order chi connectivity index (χ1) is 27.3. The Bertz CT molecular complexity index is 990. The topological polar surface area (TPSA) is 169 Å². The van der Waals surface area contributed by atoms with Gasteiger partial charge in [0.1, 0.15) is 30.5 Å². The Morgan fingerprint density at radius 2 is 1.09 bits per heavy atom. The summed E-state index contributed by atoms with van der Waals surface area (Å²) in [4.78, 5) is 13.0. The van der Waals surface area contributed by atoms with Crippen LogP contribution in [0, 0.1) is 0 Å². The van der Waals surface area contributed by atoms with Gasteiger partial charge in [0.25, 0.3) is 0 Å². The SMILES string of the molecule is CCCCCCC/C=C/C=C/CC/C=C/[C@@H](O)[C@H](CO[C@@H]1O[C@H](CO)[C@@H](O)[C@H](O)[C@H]1O)NC(=O)[C@H](O)CCCCCCCCCCCCCCCCCCCC. The van der Waals surface area contributed by atoms with Crippen LogP contribution in [0.15, 0.2) is 36.5 Å². The van der Waals surface area contributed by atoms with E-state index < -0.39 is 61.5 Å². The number of carbonyl (C=O) groups is 1. The number of hydrogen-bond acceptors (Lipinski definition) is 9. The second kappa shape index (κ2) is 36.4. The molecule has 0 aliphatic carbocycles. The van der Waals surface area contributed by atoms with Gasteiger partial charge in [0.2, 0.25) is 5.91 Å². The molecular weight excluding hydrogens is 711 g/mol. The molecule has 1 fully saturated rings. The molecule has 1 heterocycles. The first kappa shape index (κ1) is 52.4. The molecule has 1 aliphatic heterocycles. The molecule has 1 amide bonds. The Morgan fingerprint density at radius 1 is 0.625 bits per heavy atom. The number of carbonyl (C=O) groups excluding carboxylic acids is 1. The van der Waals surface area contributed by atoms with E-state index in [4.69, 9.17) is 9.47 Å². The molecule has 1 rings (SSSR count). The Kier molecular flexibility index (Phi) is 34.1. The molecule has 0 saturated carbocycles. The number of hydrogen-bond donors (Lipinski definition) is 7. The molecule has 0 aromatic carbocycles. The van der Waals surface area contributed by atoms with E-state index >= 15 is 0 Å². The van der Waals surface area contributed by atoms with E-state index in [9.17, 15) is 35.4 Å². The highest BCUT2D eigenvalue weighted by atomic mass is 16.7. The van der Waals surface area contributed by atoms with Gasteiger partial charge in [-0.15, -0.1) is 0 Å². The number of amides is 1. The number of nitrogens with one attached hydrogen (secondary N) is 1. The molecule has 10 nitrogen and oxygen atoms in total. The average molecular weight is 796 g/mol. The van der Waals surface area contributed by atoms with Gasteiger partial charge in [-0.2, -0.15) is 0 Å². The monoisotopic (exact) mass is 796 g/mol. The van der Waals surface area contributed by atoms with Gasteiger partial charge in [-0.25, -0.2) is 0 Å². The zero-order chi connectivity index (χ0) is 41.1. The lowest BCUT2D eigenvalue weighted by atomic mass is 9.99. The number of aliphatic hydroxyl groups is 6. The first-order valence-electron chi connectivity index (χ1n) is 22.8. The van der Waals surface area contributed by atoms with Gasteiger partial charge in [-0.3, -0.25) is 4.79 Å². The van der Waals surface area contributed by atoms with Crippen molar-refractivity contribution in [1.29, 1.82) is 0 Å². The quantitative estimate of drug-likeness (QED) is 0.0186. The smallest absolute Gasteiger partial charge is 0.249 e. The minimum atomic E-state index is -1.62. The van der Waals surface area contributed by atoms with E-state index in [1.54, 1.807) is 6.08 Å². The molecule has 328 valence electrons. The Hall–Kier alpha value is -1.63. The number of rotatable bonds is 37. The van der Waals surface area contributed by atoms with Gasteiger partial charge in [0.15, 0.2) is 6.29 Å². The lowest BCUT2D eigenvalue weighted by Crippen LogP contribution is -2.60. The van der Waals surface area contributed by atoms with E-state index in [-0.39, 0.29) is 6.61 Å². The van der Waals surface area contributed by atoms with Crippen molar-refractivity contribution in [2.75, 3.05) is 13.2 Å². The van der Waals surface area contributed by atoms with Crippen LogP contribution in [0.25, 0.3) is 0 Å². The van der Waals surface area contributed by atoms with Crippen molar-refractivity contribution in [3.8, 4) is 0 Å². The fourth-order valence-corrected chi connectivity index (χ4v) is 7.06. The fourth-order valence-electron chi connectivity index (χ4n) is 7.06. The van der Waals surface area contributed by atoms with Crippen LogP contribution >= 0.6 is 0 Å². The van der Waals surface area contributed by atoms with Crippen LogP contribution in [0.3, 0.4) is 0 Å². The minimum Gasteiger partial charge on any atom is -0.394 e. The van der Waals surface area contributed by atoms with Crippen LogP contribution in [0.1, 0.15) is 187 Å². The van der Waals surface area contributed by atoms with Gasteiger partial charge in [0, 0.05) is 0 Å². The van der Waals surface area contributed by atoms with Gasteiger partial charge < -0.3 is 45.4 Å². The third kappa shape index (κ3) is 26.4. The maximum absolute atomic E-state index is 13.0. The maximum atomic E-state index is 13.0. The van der Waals surface area contributed by atoms with Crippen molar-refractivity contribution in [2.24, 2.45) is 0 Å². The molecule has 0 spiro atoms. The van der Waals surface area contributed by atoms with Gasteiger partial charge in [-0.05, 0) is 32.1 Å². The first-order valence-corrected chi connectivity index (χ1v) is 22.8. The van der Waals surface area contributed by atoms with Crippen molar-refractivity contribution in [1.82, 2.24) is 5.32 Å². The van der Waals surface area contributed by atoms with Crippen LogP contribution in [-0.4, -0.2) is 98.7 Å². The summed E-state index contributed by atoms with van der Waals surface area (Å²) in [6.45, 7) is 3.55. The molecule has 0 aromatic rings. The summed E-state index contributed by atoms with van der Waals surface area (Å²) < 4.78 is 11.1. The van der Waals surface area contributed by atoms with Crippen LogP contribution in [-0.2, 0) is 14.3 Å². The summed E-state index contributed by atoms with van der Waals surface area (Å²) in [5.74, 6) is -0.632. The van der Waals surface area contributed by atoms with Crippen LogP contribution < -0.4 is 5.32 Å². The molecule has 7 N–H and O–H groups in total. The molecule has 0 aromatic heterocycles. The number of unbranched alkanes of at least 4 members (excludes halogenated alkanes) is 23. The second-order valence-electron chi connectivity index (χ2n) is 16.0. The normalized spacial score (nSPS) is 22.0. The zero-order valence-electron chi connectivity index (χ0n) is 35.5. The average Bonchev–Trinajstić information content (AvgIpc) is 3.20. The van der Waals surface area contributed by atoms with Gasteiger partial charge >= 0.3 is 0 Å². The van der Waals surface area contributed by atoms with Crippen molar-refractivity contribution in [2.45, 2.75) is 236 Å². The summed E-state index contributed by atoms with van der Waals surface area (Å²) in [6, 6.07) is -1.00. The summed E-state index contributed by atoms with van der Waals surface area (Å²) in [5, 5.41) is 64.5. The highest BCUT2D eigenvalue weighted by Crippen LogP contribution is 2.22. The molecule has 0 unspecified atom stereocenters. The number of allylic oxidation sites excluding steroid dienone is 5. The molecular formula is C46H85NO9. The molecule has 0 radical (unpaired) electrons. The van der Waals surface area contributed by atoms with Crippen molar-refractivity contribution in [3.05, 3.63) is 36.5 Å². The summed E-state index contributed by atoms with van der Waals surface area (Å²) in [5.41, 5.74) is 0. The van der Waals surface area contributed by atoms with E-state index in [0.717, 1.165) is 32.1 Å². The summed E-state index contributed by atoms with van der Waals surface area (Å²) >= 11 is 0. The standard InChI is InChI=1S/C46H85NO9/c1-3-5-7-9-11-13-15-17-18-19-20-21-23-25-27-29-31-33-35-40(50)45(54)47-38(37-55-46-44(53)43(52)42(51)41(36-48)56-46)39(49)34-32-30-28-26-24-22-16-14-12-10-8-6-4-2/h16,22,24,26,32,34,38-44,46,48-53H,3-15,17-21,23,25,27-31,33,35-37H2,1-2H3,(H,47,54)/b22-16+,26-24+,34-32+/t38-,39+,40+,41+,42+,43-,44+,46+/m0/s1. The fraction of sp³-hybridized carbons (Fsp3) is 0.848. The minimum absolute atomic E-state index is 0.302. The third-order valence-electron chi connectivity index (χ3n) is 10.9. The lowest BCUT2D eigenvalue weighted by molar-refractivity contribution is -0.302. The van der Waals surface area contributed by atoms with E-state index in [1.165, 1.54) is 122 Å². The maximum Gasteiger partial charge on any atom is 0.249 e. The van der Waals surface area contributed by atoms with Gasteiger partial charge in [0.05, 0.1) is 25.4 Å². The van der Waals surface area contributed by atoms with Crippen LogP contribution in [0.5, 0.6) is 0 Å². The largest absolute Gasteiger partial charge is 0.394 e.